The summed E-state index contributed by atoms with van der Waals surface area (Å²) >= 11 is 0. The summed E-state index contributed by atoms with van der Waals surface area (Å²) < 4.78 is 1.86. The van der Waals surface area contributed by atoms with Crippen molar-refractivity contribution < 1.29 is 0 Å². The molecule has 3 heteroatoms. The minimum Gasteiger partial charge on any atom is -0.311 e. The Labute approximate surface area is 86.5 Å². The van der Waals surface area contributed by atoms with Gasteiger partial charge in [-0.3, -0.25) is 4.68 Å². The van der Waals surface area contributed by atoms with Gasteiger partial charge in [0, 0.05) is 13.2 Å². The minimum atomic E-state index is 0.385. The second-order valence-corrected chi connectivity index (χ2v) is 3.95. The minimum absolute atomic E-state index is 0.385. The van der Waals surface area contributed by atoms with Crippen LogP contribution in [-0.2, 0) is 7.05 Å². The maximum atomic E-state index is 4.44. The first-order chi connectivity index (χ1) is 6.69. The van der Waals surface area contributed by atoms with E-state index in [-0.39, 0.29) is 0 Å². The Kier molecular flexibility index (Phi) is 4.14. The van der Waals surface area contributed by atoms with E-state index >= 15 is 0 Å². The third-order valence-corrected chi connectivity index (χ3v) is 2.68. The molecule has 1 heterocycles. The predicted molar refractivity (Wildman–Crippen MR) is 59.1 cm³/mol. The molecule has 0 aliphatic heterocycles. The number of aryl methyl sites for hydroxylation is 1. The Hall–Kier alpha value is -0.830. The van der Waals surface area contributed by atoms with Crippen LogP contribution in [-0.4, -0.2) is 16.8 Å². The molecule has 0 aliphatic carbocycles. The van der Waals surface area contributed by atoms with Crippen LogP contribution >= 0.6 is 0 Å². The summed E-state index contributed by atoms with van der Waals surface area (Å²) in [7, 11) is 3.96. The number of aromatic nitrogens is 2. The van der Waals surface area contributed by atoms with Gasteiger partial charge < -0.3 is 5.32 Å². The molecule has 3 nitrogen and oxygen atoms in total. The molecule has 2 unspecified atom stereocenters. The van der Waals surface area contributed by atoms with Crippen LogP contribution in [0.2, 0.25) is 0 Å². The van der Waals surface area contributed by atoms with Gasteiger partial charge in [0.2, 0.25) is 0 Å². The Bertz CT molecular complexity index is 267. The predicted octanol–water partition coefficient (Wildman–Crippen LogP) is 2.12. The number of hydrogen-bond donors (Lipinski definition) is 1. The second kappa shape index (κ2) is 5.15. The van der Waals surface area contributed by atoms with Crippen LogP contribution in [0.4, 0.5) is 0 Å². The zero-order valence-corrected chi connectivity index (χ0v) is 9.62. The van der Waals surface area contributed by atoms with E-state index in [4.69, 9.17) is 0 Å². The second-order valence-electron chi connectivity index (χ2n) is 3.95. The highest BCUT2D eigenvalue weighted by atomic mass is 15.3. The van der Waals surface area contributed by atoms with E-state index in [9.17, 15) is 0 Å². The van der Waals surface area contributed by atoms with E-state index in [1.807, 2.05) is 25.0 Å². The Morgan fingerprint density at radius 2 is 2.29 bits per heavy atom. The molecule has 0 saturated heterocycles. The van der Waals surface area contributed by atoms with Crippen molar-refractivity contribution in [3.63, 3.8) is 0 Å². The fourth-order valence-corrected chi connectivity index (χ4v) is 1.94. The Morgan fingerprint density at radius 3 is 2.71 bits per heavy atom. The average molecular weight is 195 g/mol. The molecule has 1 aromatic rings. The van der Waals surface area contributed by atoms with Gasteiger partial charge in [-0.05, 0) is 25.5 Å². The smallest absolute Gasteiger partial charge is 0.0796 e. The zero-order valence-electron chi connectivity index (χ0n) is 9.62. The SMILES string of the molecule is CCCC(C)C(NC)c1ccn(C)n1. The molecule has 0 radical (unpaired) electrons. The van der Waals surface area contributed by atoms with Crippen LogP contribution < -0.4 is 5.32 Å². The van der Waals surface area contributed by atoms with Crippen LogP contribution in [0.3, 0.4) is 0 Å². The van der Waals surface area contributed by atoms with Crippen molar-refractivity contribution in [2.45, 2.75) is 32.7 Å². The number of nitrogens with one attached hydrogen (secondary N) is 1. The Morgan fingerprint density at radius 1 is 1.57 bits per heavy atom. The number of hydrogen-bond acceptors (Lipinski definition) is 2. The normalized spacial score (nSPS) is 15.4. The van der Waals surface area contributed by atoms with Crippen LogP contribution in [0, 0.1) is 5.92 Å². The molecule has 1 N–H and O–H groups in total. The molecule has 2 atom stereocenters. The quantitative estimate of drug-likeness (QED) is 0.780. The van der Waals surface area contributed by atoms with Gasteiger partial charge in [0.15, 0.2) is 0 Å². The van der Waals surface area contributed by atoms with Gasteiger partial charge in [0.05, 0.1) is 11.7 Å². The summed E-state index contributed by atoms with van der Waals surface area (Å²) in [6, 6.07) is 2.48. The van der Waals surface area contributed by atoms with Crippen molar-refractivity contribution >= 4 is 0 Å². The standard InChI is InChI=1S/C11H21N3/c1-5-6-9(2)11(12-3)10-7-8-14(4)13-10/h7-9,11-12H,5-6H2,1-4H3. The van der Waals surface area contributed by atoms with Crippen LogP contribution in [0.25, 0.3) is 0 Å². The van der Waals surface area contributed by atoms with E-state index < -0.39 is 0 Å². The Balaban J connectivity index is 2.71. The fourth-order valence-electron chi connectivity index (χ4n) is 1.94. The van der Waals surface area contributed by atoms with Gasteiger partial charge in [0.1, 0.15) is 0 Å². The molecule has 1 aromatic heterocycles. The van der Waals surface area contributed by atoms with Crippen molar-refractivity contribution in [2.24, 2.45) is 13.0 Å². The highest BCUT2D eigenvalue weighted by Gasteiger charge is 2.18. The van der Waals surface area contributed by atoms with Gasteiger partial charge >= 0.3 is 0 Å². The lowest BCUT2D eigenvalue weighted by Gasteiger charge is -2.21. The number of nitrogens with zero attached hydrogens (tertiary/aromatic N) is 2. The molecule has 0 aliphatic rings. The maximum Gasteiger partial charge on any atom is 0.0796 e. The van der Waals surface area contributed by atoms with E-state index in [1.54, 1.807) is 0 Å². The van der Waals surface area contributed by atoms with E-state index in [0.29, 0.717) is 12.0 Å². The summed E-state index contributed by atoms with van der Waals surface area (Å²) in [6.45, 7) is 4.50. The summed E-state index contributed by atoms with van der Waals surface area (Å²) in [4.78, 5) is 0. The molecular weight excluding hydrogens is 174 g/mol. The average Bonchev–Trinajstić information content (AvgIpc) is 2.54. The molecule has 0 spiro atoms. The largest absolute Gasteiger partial charge is 0.311 e. The lowest BCUT2D eigenvalue weighted by Crippen LogP contribution is -2.24. The summed E-state index contributed by atoms with van der Waals surface area (Å²) in [5.74, 6) is 0.639. The fraction of sp³-hybridized carbons (Fsp3) is 0.727. The molecule has 1 rings (SSSR count). The first-order valence-corrected chi connectivity index (χ1v) is 5.35. The first-order valence-electron chi connectivity index (χ1n) is 5.35. The van der Waals surface area contributed by atoms with Crippen molar-refractivity contribution in [3.05, 3.63) is 18.0 Å². The lowest BCUT2D eigenvalue weighted by atomic mass is 9.95. The van der Waals surface area contributed by atoms with Gasteiger partial charge in [-0.2, -0.15) is 5.10 Å². The van der Waals surface area contributed by atoms with Crippen molar-refractivity contribution in [1.82, 2.24) is 15.1 Å². The first kappa shape index (κ1) is 11.2. The van der Waals surface area contributed by atoms with Crippen LogP contribution in [0.1, 0.15) is 38.4 Å². The van der Waals surface area contributed by atoms with Crippen molar-refractivity contribution in [1.29, 1.82) is 0 Å². The molecule has 0 amide bonds. The lowest BCUT2D eigenvalue weighted by molar-refractivity contribution is 0.374. The van der Waals surface area contributed by atoms with Gasteiger partial charge in [0.25, 0.3) is 0 Å². The third kappa shape index (κ3) is 2.58. The van der Waals surface area contributed by atoms with Gasteiger partial charge in [-0.1, -0.05) is 20.3 Å². The maximum absolute atomic E-state index is 4.44. The topological polar surface area (TPSA) is 29.9 Å². The van der Waals surface area contributed by atoms with Crippen LogP contribution in [0.5, 0.6) is 0 Å². The third-order valence-electron chi connectivity index (χ3n) is 2.68. The monoisotopic (exact) mass is 195 g/mol. The number of rotatable bonds is 5. The van der Waals surface area contributed by atoms with E-state index in [1.165, 1.54) is 12.8 Å². The molecular formula is C11H21N3. The summed E-state index contributed by atoms with van der Waals surface area (Å²) in [5.41, 5.74) is 1.15. The summed E-state index contributed by atoms with van der Waals surface area (Å²) in [6.07, 6.45) is 4.46. The molecule has 14 heavy (non-hydrogen) atoms. The van der Waals surface area contributed by atoms with Crippen molar-refractivity contribution in [3.8, 4) is 0 Å². The van der Waals surface area contributed by atoms with Crippen LogP contribution in [0.15, 0.2) is 12.3 Å². The zero-order chi connectivity index (χ0) is 10.6. The molecule has 0 bridgehead atoms. The molecule has 0 saturated carbocycles. The van der Waals surface area contributed by atoms with E-state index in [0.717, 1.165) is 5.69 Å². The highest BCUT2D eigenvalue weighted by molar-refractivity contribution is 5.06. The highest BCUT2D eigenvalue weighted by Crippen LogP contribution is 2.23. The molecule has 0 aromatic carbocycles. The molecule has 80 valence electrons. The van der Waals surface area contributed by atoms with Gasteiger partial charge in [-0.15, -0.1) is 0 Å². The van der Waals surface area contributed by atoms with E-state index in [2.05, 4.69) is 30.3 Å². The summed E-state index contributed by atoms with van der Waals surface area (Å²) in [5, 5.41) is 7.78. The van der Waals surface area contributed by atoms with Crippen molar-refractivity contribution in [2.75, 3.05) is 7.05 Å². The molecule has 0 fully saturated rings. The van der Waals surface area contributed by atoms with Gasteiger partial charge in [-0.25, -0.2) is 0 Å².